The number of unbranched alkanes of at least 4 members (excludes halogenated alkanes) is 1. The number of rotatable bonds is 6. The van der Waals surface area contributed by atoms with Crippen LogP contribution in [0, 0.1) is 6.92 Å². The number of benzene rings is 2. The lowest BCUT2D eigenvalue weighted by Gasteiger charge is -2.12. The van der Waals surface area contributed by atoms with E-state index < -0.39 is 0 Å². The summed E-state index contributed by atoms with van der Waals surface area (Å²) in [5.74, 6) is 0.334. The van der Waals surface area contributed by atoms with Crippen molar-refractivity contribution in [3.63, 3.8) is 0 Å². The van der Waals surface area contributed by atoms with Crippen molar-refractivity contribution < 1.29 is 9.53 Å². The third-order valence-electron chi connectivity index (χ3n) is 3.25. The van der Waals surface area contributed by atoms with Gasteiger partial charge in [0.2, 0.25) is 0 Å². The second-order valence-corrected chi connectivity index (χ2v) is 5.60. The molecule has 0 aliphatic heterocycles. The smallest absolute Gasteiger partial charge is 0.259 e. The molecule has 1 N–H and O–H groups in total. The van der Waals surface area contributed by atoms with Crippen LogP contribution in [0.4, 0.5) is 5.69 Å². The van der Waals surface area contributed by atoms with Crippen LogP contribution in [0.3, 0.4) is 0 Å². The molecule has 2 rings (SSSR count). The number of hydrogen-bond acceptors (Lipinski definition) is 2. The largest absolute Gasteiger partial charge is 0.493 e. The van der Waals surface area contributed by atoms with Crippen LogP contribution in [0.1, 0.15) is 35.7 Å². The highest BCUT2D eigenvalue weighted by molar-refractivity contribution is 6.31. The Hall–Kier alpha value is -2.00. The first-order valence-electron chi connectivity index (χ1n) is 7.40. The molecular formula is C18H20ClNO2. The molecule has 4 heteroatoms. The average molecular weight is 318 g/mol. The number of halogens is 1. The molecule has 0 heterocycles. The van der Waals surface area contributed by atoms with Gasteiger partial charge in [-0.3, -0.25) is 4.79 Å². The Balaban J connectivity index is 2.16. The lowest BCUT2D eigenvalue weighted by atomic mass is 10.1. The number of aryl methyl sites for hydroxylation is 1. The van der Waals surface area contributed by atoms with Gasteiger partial charge in [0.05, 0.1) is 12.2 Å². The number of carbonyl (C=O) groups is 1. The number of ether oxygens (including phenoxy) is 1. The van der Waals surface area contributed by atoms with Gasteiger partial charge in [0.1, 0.15) is 5.75 Å². The summed E-state index contributed by atoms with van der Waals surface area (Å²) in [5, 5.41) is 3.38. The van der Waals surface area contributed by atoms with Crippen molar-refractivity contribution in [2.75, 3.05) is 11.9 Å². The zero-order valence-corrected chi connectivity index (χ0v) is 13.6. The van der Waals surface area contributed by atoms with E-state index in [1.807, 2.05) is 31.2 Å². The van der Waals surface area contributed by atoms with Crippen LogP contribution in [-0.2, 0) is 0 Å². The summed E-state index contributed by atoms with van der Waals surface area (Å²) in [6, 6.07) is 12.7. The van der Waals surface area contributed by atoms with E-state index in [-0.39, 0.29) is 5.91 Å². The molecule has 0 aromatic heterocycles. The van der Waals surface area contributed by atoms with Crippen LogP contribution in [0.5, 0.6) is 5.75 Å². The van der Waals surface area contributed by atoms with Crippen molar-refractivity contribution in [1.82, 2.24) is 0 Å². The maximum absolute atomic E-state index is 12.5. The van der Waals surface area contributed by atoms with E-state index in [4.69, 9.17) is 16.3 Å². The van der Waals surface area contributed by atoms with Crippen molar-refractivity contribution in [1.29, 1.82) is 0 Å². The monoisotopic (exact) mass is 317 g/mol. The highest BCUT2D eigenvalue weighted by atomic mass is 35.5. The molecule has 0 saturated heterocycles. The highest BCUT2D eigenvalue weighted by Crippen LogP contribution is 2.24. The van der Waals surface area contributed by atoms with Crippen LogP contribution >= 0.6 is 11.6 Å². The zero-order chi connectivity index (χ0) is 15.9. The maximum atomic E-state index is 12.5. The maximum Gasteiger partial charge on any atom is 0.259 e. The molecule has 0 aliphatic rings. The lowest BCUT2D eigenvalue weighted by molar-refractivity contribution is 0.102. The minimum atomic E-state index is -0.224. The summed E-state index contributed by atoms with van der Waals surface area (Å²) in [6.07, 6.45) is 1.99. The van der Waals surface area contributed by atoms with Gasteiger partial charge in [-0.2, -0.15) is 0 Å². The zero-order valence-electron chi connectivity index (χ0n) is 12.9. The average Bonchev–Trinajstić information content (AvgIpc) is 2.51. The second kappa shape index (κ2) is 7.85. The number of carbonyl (C=O) groups excluding carboxylic acids is 1. The molecule has 0 spiro atoms. The van der Waals surface area contributed by atoms with Crippen LogP contribution in [0.25, 0.3) is 0 Å². The summed E-state index contributed by atoms with van der Waals surface area (Å²) >= 11 is 6.01. The summed E-state index contributed by atoms with van der Waals surface area (Å²) in [7, 11) is 0. The van der Waals surface area contributed by atoms with Gasteiger partial charge in [-0.05, 0) is 43.7 Å². The molecule has 2 aromatic rings. The highest BCUT2D eigenvalue weighted by Gasteiger charge is 2.13. The number of anilines is 1. The van der Waals surface area contributed by atoms with Gasteiger partial charge in [0.25, 0.3) is 5.91 Å². The molecular weight excluding hydrogens is 298 g/mol. The molecule has 0 unspecified atom stereocenters. The first-order chi connectivity index (χ1) is 10.6. The van der Waals surface area contributed by atoms with Gasteiger partial charge >= 0.3 is 0 Å². The molecule has 0 atom stereocenters. The minimum Gasteiger partial charge on any atom is -0.493 e. The van der Waals surface area contributed by atoms with Gasteiger partial charge in [-0.25, -0.2) is 0 Å². The summed E-state index contributed by atoms with van der Waals surface area (Å²) in [5.41, 5.74) is 2.34. The fourth-order valence-electron chi connectivity index (χ4n) is 1.97. The summed E-state index contributed by atoms with van der Waals surface area (Å²) in [4.78, 5) is 12.5. The normalized spacial score (nSPS) is 10.3. The number of nitrogens with one attached hydrogen (secondary N) is 1. The van der Waals surface area contributed by atoms with Crippen LogP contribution < -0.4 is 10.1 Å². The molecule has 22 heavy (non-hydrogen) atoms. The first kappa shape index (κ1) is 16.4. The molecule has 2 aromatic carbocycles. The second-order valence-electron chi connectivity index (χ2n) is 5.16. The third-order valence-corrected chi connectivity index (χ3v) is 3.49. The van der Waals surface area contributed by atoms with E-state index in [0.717, 1.165) is 24.1 Å². The standard InChI is InChI=1S/C18H20ClNO2/c1-3-4-11-22-17-10-7-14(19)12-16(17)18(21)20-15-8-5-13(2)6-9-15/h5-10,12H,3-4,11H2,1-2H3,(H,20,21). The third kappa shape index (κ3) is 4.50. The van der Waals surface area contributed by atoms with Gasteiger partial charge in [-0.1, -0.05) is 42.6 Å². The van der Waals surface area contributed by atoms with Gasteiger partial charge < -0.3 is 10.1 Å². The fourth-order valence-corrected chi connectivity index (χ4v) is 2.14. The Morgan fingerprint density at radius 1 is 1.18 bits per heavy atom. The first-order valence-corrected chi connectivity index (χ1v) is 7.78. The van der Waals surface area contributed by atoms with E-state index in [1.54, 1.807) is 18.2 Å². The Kier molecular flexibility index (Phi) is 5.84. The predicted octanol–water partition coefficient (Wildman–Crippen LogP) is 5.08. The quantitative estimate of drug-likeness (QED) is 0.754. The van der Waals surface area contributed by atoms with Crippen molar-refractivity contribution >= 4 is 23.2 Å². The van der Waals surface area contributed by atoms with E-state index >= 15 is 0 Å². The van der Waals surface area contributed by atoms with Gasteiger partial charge in [0.15, 0.2) is 0 Å². The summed E-state index contributed by atoms with van der Waals surface area (Å²) < 4.78 is 5.69. The predicted molar refractivity (Wildman–Crippen MR) is 91.0 cm³/mol. The molecule has 0 radical (unpaired) electrons. The van der Waals surface area contributed by atoms with Crippen LogP contribution in [0.15, 0.2) is 42.5 Å². The number of hydrogen-bond donors (Lipinski definition) is 1. The molecule has 0 saturated carbocycles. The Morgan fingerprint density at radius 2 is 1.91 bits per heavy atom. The number of amides is 1. The SMILES string of the molecule is CCCCOc1ccc(Cl)cc1C(=O)Nc1ccc(C)cc1. The van der Waals surface area contributed by atoms with Gasteiger partial charge in [0, 0.05) is 10.7 Å². The Labute approximate surface area is 136 Å². The van der Waals surface area contributed by atoms with Crippen molar-refractivity contribution in [2.24, 2.45) is 0 Å². The Bertz CT molecular complexity index is 638. The van der Waals surface area contributed by atoms with E-state index in [9.17, 15) is 4.79 Å². The van der Waals surface area contributed by atoms with Crippen molar-refractivity contribution in [3.05, 3.63) is 58.6 Å². The van der Waals surface area contributed by atoms with E-state index in [1.165, 1.54) is 0 Å². The molecule has 1 amide bonds. The van der Waals surface area contributed by atoms with E-state index in [2.05, 4.69) is 12.2 Å². The molecule has 0 aliphatic carbocycles. The fraction of sp³-hybridized carbons (Fsp3) is 0.278. The van der Waals surface area contributed by atoms with Crippen LogP contribution in [-0.4, -0.2) is 12.5 Å². The topological polar surface area (TPSA) is 38.3 Å². The van der Waals surface area contributed by atoms with Crippen LogP contribution in [0.2, 0.25) is 5.02 Å². The molecule has 116 valence electrons. The lowest BCUT2D eigenvalue weighted by Crippen LogP contribution is -2.14. The van der Waals surface area contributed by atoms with Crippen molar-refractivity contribution in [2.45, 2.75) is 26.7 Å². The minimum absolute atomic E-state index is 0.224. The van der Waals surface area contributed by atoms with Gasteiger partial charge in [-0.15, -0.1) is 0 Å². The van der Waals surface area contributed by atoms with E-state index in [0.29, 0.717) is 22.9 Å². The summed E-state index contributed by atoms with van der Waals surface area (Å²) in [6.45, 7) is 4.68. The molecule has 0 bridgehead atoms. The Morgan fingerprint density at radius 3 is 2.59 bits per heavy atom. The molecule has 0 fully saturated rings. The van der Waals surface area contributed by atoms with Crippen molar-refractivity contribution in [3.8, 4) is 5.75 Å². The molecule has 3 nitrogen and oxygen atoms in total.